The van der Waals surface area contributed by atoms with Gasteiger partial charge in [0.2, 0.25) is 0 Å². The van der Waals surface area contributed by atoms with Gasteiger partial charge in [-0.2, -0.15) is 5.26 Å². The molecule has 0 saturated carbocycles. The summed E-state index contributed by atoms with van der Waals surface area (Å²) >= 11 is 0. The Bertz CT molecular complexity index is 2050. The average Bonchev–Trinajstić information content (AvgIpc) is 3.49. The smallest absolute Gasteiger partial charge is 0.0669 e. The third-order valence-corrected chi connectivity index (χ3v) is 8.56. The molecule has 46 heavy (non-hydrogen) atoms. The van der Waals surface area contributed by atoms with Crippen LogP contribution in [0, 0.1) is 11.3 Å². The molecule has 0 heterocycles. The zero-order valence-corrected chi connectivity index (χ0v) is 26.2. The van der Waals surface area contributed by atoms with E-state index in [9.17, 15) is 5.26 Å². The molecule has 2 heteroatoms. The molecular weight excluding hydrogens is 556 g/mol. The topological polar surface area (TPSA) is 36.1 Å². The molecule has 5 aromatic rings. The molecule has 0 bridgehead atoms. The first kappa shape index (κ1) is 30.3. The van der Waals surface area contributed by atoms with E-state index in [1.165, 1.54) is 22.3 Å². The molecule has 1 aliphatic carbocycles. The van der Waals surface area contributed by atoms with Crippen LogP contribution in [0.25, 0.3) is 39.1 Å². The molecule has 0 N–H and O–H groups in total. The molecule has 1 aliphatic rings. The second kappa shape index (κ2) is 13.9. The van der Waals surface area contributed by atoms with Crippen LogP contribution in [0.3, 0.4) is 0 Å². The molecular formula is C44H36N2. The maximum absolute atomic E-state index is 9.63. The summed E-state index contributed by atoms with van der Waals surface area (Å²) in [5.74, 6) is 0. The van der Waals surface area contributed by atoms with Crippen LogP contribution in [0.5, 0.6) is 0 Å². The number of fused-ring (bicyclic) bond motifs is 3. The Kier molecular flexibility index (Phi) is 9.14. The fourth-order valence-corrected chi connectivity index (χ4v) is 6.12. The number of aliphatic imine (C=N–C) groups is 1. The number of nitrogens with zero attached hydrogens (tertiary/aromatic N) is 2. The second-order valence-corrected chi connectivity index (χ2v) is 11.5. The van der Waals surface area contributed by atoms with E-state index in [0.29, 0.717) is 6.42 Å². The number of nitriles is 1. The highest BCUT2D eigenvalue weighted by atomic mass is 14.8. The number of hydrogen-bond acceptors (Lipinski definition) is 2. The van der Waals surface area contributed by atoms with Crippen LogP contribution in [-0.4, -0.2) is 5.71 Å². The van der Waals surface area contributed by atoms with Crippen molar-refractivity contribution in [2.24, 2.45) is 4.99 Å². The normalized spacial score (nSPS) is 12.4. The predicted molar refractivity (Wildman–Crippen MR) is 195 cm³/mol. The molecule has 0 fully saturated rings. The molecule has 0 amide bonds. The minimum absolute atomic E-state index is 0.349. The van der Waals surface area contributed by atoms with Gasteiger partial charge in [-0.05, 0) is 85.7 Å². The Balaban J connectivity index is 1.18. The lowest BCUT2D eigenvalue weighted by atomic mass is 9.93. The summed E-state index contributed by atoms with van der Waals surface area (Å²) in [4.78, 5) is 4.89. The predicted octanol–water partition coefficient (Wildman–Crippen LogP) is 11.4. The zero-order chi connectivity index (χ0) is 31.9. The third-order valence-electron chi connectivity index (χ3n) is 8.56. The van der Waals surface area contributed by atoms with Crippen molar-refractivity contribution < 1.29 is 0 Å². The van der Waals surface area contributed by atoms with Gasteiger partial charge < -0.3 is 0 Å². The largest absolute Gasteiger partial charge is 0.253 e. The average molecular weight is 593 g/mol. The van der Waals surface area contributed by atoms with Crippen LogP contribution in [0.15, 0.2) is 158 Å². The summed E-state index contributed by atoms with van der Waals surface area (Å²) in [7, 11) is 0. The SMILES string of the molecule is C=C(/C=C\C=C(/CC#N)c1cccc2c1Cc1ccccc1-2)c1ccc(-c2cccc(C(CC)=NC(=C)c3ccccc3)c2)cc1. The quantitative estimate of drug-likeness (QED) is 0.115. The van der Waals surface area contributed by atoms with Gasteiger partial charge in [0.15, 0.2) is 0 Å². The van der Waals surface area contributed by atoms with E-state index in [1.807, 2.05) is 42.5 Å². The molecule has 0 unspecified atom stereocenters. The lowest BCUT2D eigenvalue weighted by Gasteiger charge is -2.10. The zero-order valence-electron chi connectivity index (χ0n) is 26.2. The van der Waals surface area contributed by atoms with Crippen molar-refractivity contribution in [3.8, 4) is 28.3 Å². The van der Waals surface area contributed by atoms with E-state index in [2.05, 4.69) is 123 Å². The van der Waals surface area contributed by atoms with Gasteiger partial charge in [0.05, 0.1) is 18.2 Å². The molecule has 2 nitrogen and oxygen atoms in total. The number of allylic oxidation sites excluding steroid dienone is 5. The van der Waals surface area contributed by atoms with Gasteiger partial charge in [0, 0.05) is 5.71 Å². The van der Waals surface area contributed by atoms with Gasteiger partial charge in [-0.3, -0.25) is 4.99 Å². The van der Waals surface area contributed by atoms with Crippen LogP contribution >= 0.6 is 0 Å². The molecule has 222 valence electrons. The van der Waals surface area contributed by atoms with E-state index in [-0.39, 0.29) is 0 Å². The van der Waals surface area contributed by atoms with E-state index >= 15 is 0 Å². The summed E-state index contributed by atoms with van der Waals surface area (Å²) in [5, 5.41) is 9.63. The first-order valence-corrected chi connectivity index (χ1v) is 15.7. The molecule has 0 saturated heterocycles. The van der Waals surface area contributed by atoms with Gasteiger partial charge in [-0.1, -0.05) is 154 Å². The molecule has 6 rings (SSSR count). The highest BCUT2D eigenvalue weighted by Gasteiger charge is 2.21. The summed E-state index contributed by atoms with van der Waals surface area (Å²) in [6, 6.07) is 44.5. The van der Waals surface area contributed by atoms with Crippen molar-refractivity contribution in [2.75, 3.05) is 0 Å². The monoisotopic (exact) mass is 592 g/mol. The standard InChI is InChI=1S/C44H36N2/c1-4-44(46-32(3)34-14-6-5-7-15-34)39-19-11-18-37(29-39)35-25-23-33(24-26-35)31(2)13-10-17-36(27-28-45)40-21-12-22-42-41-20-9-8-16-38(41)30-43(40)42/h5-26,29H,2-4,27,30H2,1H3/b13-10-,36-17+,46-44?. The maximum atomic E-state index is 9.63. The summed E-state index contributed by atoms with van der Waals surface area (Å²) in [6.45, 7) is 10.7. The molecule has 0 aliphatic heterocycles. The second-order valence-electron chi connectivity index (χ2n) is 11.5. The number of hydrogen-bond donors (Lipinski definition) is 0. The van der Waals surface area contributed by atoms with Crippen LogP contribution < -0.4 is 0 Å². The van der Waals surface area contributed by atoms with Crippen molar-refractivity contribution in [1.82, 2.24) is 0 Å². The van der Waals surface area contributed by atoms with Crippen molar-refractivity contribution in [3.05, 3.63) is 186 Å². The fourth-order valence-electron chi connectivity index (χ4n) is 6.12. The van der Waals surface area contributed by atoms with Gasteiger partial charge in [-0.15, -0.1) is 0 Å². The summed E-state index contributed by atoms with van der Waals surface area (Å²) < 4.78 is 0. The van der Waals surface area contributed by atoms with Crippen LogP contribution in [-0.2, 0) is 6.42 Å². The van der Waals surface area contributed by atoms with Crippen LogP contribution in [0.1, 0.15) is 53.1 Å². The number of rotatable bonds is 10. The molecule has 5 aromatic carbocycles. The highest BCUT2D eigenvalue weighted by molar-refractivity contribution is 6.04. The lowest BCUT2D eigenvalue weighted by Crippen LogP contribution is -2.00. The maximum Gasteiger partial charge on any atom is 0.0669 e. The van der Waals surface area contributed by atoms with Crippen LogP contribution in [0.4, 0.5) is 0 Å². The lowest BCUT2D eigenvalue weighted by molar-refractivity contribution is 1.23. The molecule has 0 spiro atoms. The van der Waals surface area contributed by atoms with Crippen LogP contribution in [0.2, 0.25) is 0 Å². The Morgan fingerprint density at radius 3 is 2.26 bits per heavy atom. The molecule has 0 aromatic heterocycles. The molecule has 0 radical (unpaired) electrons. The van der Waals surface area contributed by atoms with Gasteiger partial charge >= 0.3 is 0 Å². The van der Waals surface area contributed by atoms with Gasteiger partial charge in [0.1, 0.15) is 0 Å². The van der Waals surface area contributed by atoms with Crippen molar-refractivity contribution in [3.63, 3.8) is 0 Å². The van der Waals surface area contributed by atoms with E-state index in [4.69, 9.17) is 4.99 Å². The van der Waals surface area contributed by atoms with Gasteiger partial charge in [-0.25, -0.2) is 0 Å². The minimum Gasteiger partial charge on any atom is -0.253 e. The third kappa shape index (κ3) is 6.50. The van der Waals surface area contributed by atoms with Crippen molar-refractivity contribution in [1.29, 1.82) is 5.26 Å². The Hall–Kier alpha value is -5.78. The first-order valence-electron chi connectivity index (χ1n) is 15.7. The summed E-state index contributed by atoms with van der Waals surface area (Å²) in [6.07, 6.45) is 8.16. The number of benzene rings is 5. The van der Waals surface area contributed by atoms with E-state index in [0.717, 1.165) is 68.8 Å². The van der Waals surface area contributed by atoms with E-state index < -0.39 is 0 Å². The first-order chi connectivity index (χ1) is 22.6. The Morgan fingerprint density at radius 1 is 0.761 bits per heavy atom. The summed E-state index contributed by atoms with van der Waals surface area (Å²) in [5.41, 5.74) is 15.5. The van der Waals surface area contributed by atoms with Crippen molar-refractivity contribution >= 4 is 22.6 Å². The van der Waals surface area contributed by atoms with Gasteiger partial charge in [0.25, 0.3) is 0 Å². The molecule has 0 atom stereocenters. The minimum atomic E-state index is 0.349. The highest BCUT2D eigenvalue weighted by Crippen LogP contribution is 2.40. The Labute approximate surface area is 272 Å². The Morgan fingerprint density at radius 2 is 1.48 bits per heavy atom. The van der Waals surface area contributed by atoms with E-state index in [1.54, 1.807) is 0 Å². The fraction of sp³-hybridized carbons (Fsp3) is 0.0909. The van der Waals surface area contributed by atoms with Crippen molar-refractivity contribution in [2.45, 2.75) is 26.2 Å².